The third kappa shape index (κ3) is 4.86. The van der Waals surface area contributed by atoms with Gasteiger partial charge in [-0.25, -0.2) is 0 Å². The van der Waals surface area contributed by atoms with Crippen molar-refractivity contribution in [3.8, 4) is 0 Å². The maximum Gasteiger partial charge on any atom is 0.0195 e. The van der Waals surface area contributed by atoms with Crippen LogP contribution in [-0.2, 0) is 0 Å². The van der Waals surface area contributed by atoms with Crippen LogP contribution in [0.25, 0.3) is 0 Å². The van der Waals surface area contributed by atoms with Gasteiger partial charge in [0.25, 0.3) is 0 Å². The summed E-state index contributed by atoms with van der Waals surface area (Å²) < 4.78 is 0. The van der Waals surface area contributed by atoms with Gasteiger partial charge >= 0.3 is 0 Å². The lowest BCUT2D eigenvalue weighted by molar-refractivity contribution is 0.582. The number of nitrogens with one attached hydrogen (secondary N) is 1. The van der Waals surface area contributed by atoms with Crippen molar-refractivity contribution in [3.63, 3.8) is 0 Å². The molecule has 1 aromatic carbocycles. The van der Waals surface area contributed by atoms with Gasteiger partial charge < -0.3 is 5.32 Å². The van der Waals surface area contributed by atoms with Crippen LogP contribution in [-0.4, -0.2) is 18.3 Å². The quantitative estimate of drug-likeness (QED) is 0.572. The highest BCUT2D eigenvalue weighted by molar-refractivity contribution is 7.99. The Morgan fingerprint density at radius 2 is 2.06 bits per heavy atom. The van der Waals surface area contributed by atoms with E-state index in [1.54, 1.807) is 0 Å². The molecule has 0 radical (unpaired) electrons. The summed E-state index contributed by atoms with van der Waals surface area (Å²) in [5.41, 5.74) is 1.32. The fourth-order valence-electron chi connectivity index (χ4n) is 1.53. The van der Waals surface area contributed by atoms with E-state index < -0.39 is 0 Å². The van der Waals surface area contributed by atoms with Crippen molar-refractivity contribution in [1.29, 1.82) is 0 Å². The molecule has 1 aromatic rings. The minimum atomic E-state index is 0.536. The molecule has 88 valence electrons. The zero-order valence-corrected chi connectivity index (χ0v) is 11.0. The molecular weight excluding hydrogens is 214 g/mol. The van der Waals surface area contributed by atoms with Crippen molar-refractivity contribution < 1.29 is 0 Å². The monoisotopic (exact) mass is 235 g/mol. The average molecular weight is 235 g/mol. The molecular formula is C14H21NS. The van der Waals surface area contributed by atoms with Crippen molar-refractivity contribution in [2.75, 3.05) is 12.3 Å². The number of hydrogen-bond acceptors (Lipinski definition) is 2. The van der Waals surface area contributed by atoms with Crippen LogP contribution >= 0.6 is 11.8 Å². The second-order valence-electron chi connectivity index (χ2n) is 3.90. The van der Waals surface area contributed by atoms with Crippen LogP contribution in [0.1, 0.15) is 18.9 Å². The normalized spacial score (nSPS) is 12.4. The molecule has 0 saturated heterocycles. The number of rotatable bonds is 7. The maximum atomic E-state index is 3.80. The van der Waals surface area contributed by atoms with Crippen molar-refractivity contribution >= 4 is 11.8 Å². The highest BCUT2D eigenvalue weighted by Gasteiger charge is 2.05. The first-order chi connectivity index (χ1) is 7.76. The average Bonchev–Trinajstić information content (AvgIpc) is 2.29. The first kappa shape index (κ1) is 13.3. The Morgan fingerprint density at radius 1 is 1.38 bits per heavy atom. The predicted molar refractivity (Wildman–Crippen MR) is 74.2 cm³/mol. The molecule has 0 fully saturated rings. The molecule has 0 aromatic heterocycles. The van der Waals surface area contributed by atoms with Gasteiger partial charge in [0.1, 0.15) is 0 Å². The molecule has 0 aliphatic rings. The molecule has 1 rings (SSSR count). The van der Waals surface area contributed by atoms with Crippen LogP contribution in [0, 0.1) is 6.92 Å². The van der Waals surface area contributed by atoms with Gasteiger partial charge in [-0.1, -0.05) is 30.7 Å². The SMILES string of the molecule is C=CCC(CSc1ccc(C)cc1)NCC. The lowest BCUT2D eigenvalue weighted by Gasteiger charge is -2.15. The van der Waals surface area contributed by atoms with Gasteiger partial charge in [-0.05, 0) is 32.0 Å². The molecule has 1 atom stereocenters. The Kier molecular flexibility index (Phi) is 6.27. The smallest absolute Gasteiger partial charge is 0.0195 e. The lowest BCUT2D eigenvalue weighted by Crippen LogP contribution is -2.30. The van der Waals surface area contributed by atoms with E-state index in [1.165, 1.54) is 10.5 Å². The van der Waals surface area contributed by atoms with Crippen LogP contribution in [0.15, 0.2) is 41.8 Å². The van der Waals surface area contributed by atoms with Gasteiger partial charge in [0.2, 0.25) is 0 Å². The summed E-state index contributed by atoms with van der Waals surface area (Å²) in [5, 5.41) is 3.47. The predicted octanol–water partition coefficient (Wildman–Crippen LogP) is 3.64. The Morgan fingerprint density at radius 3 is 2.62 bits per heavy atom. The molecule has 1 unspecified atom stereocenters. The van der Waals surface area contributed by atoms with Crippen LogP contribution in [0.2, 0.25) is 0 Å². The topological polar surface area (TPSA) is 12.0 Å². The Balaban J connectivity index is 2.41. The molecule has 0 heterocycles. The van der Waals surface area contributed by atoms with Crippen LogP contribution in [0.3, 0.4) is 0 Å². The van der Waals surface area contributed by atoms with Gasteiger partial charge in [0.15, 0.2) is 0 Å². The fraction of sp³-hybridized carbons (Fsp3) is 0.429. The summed E-state index contributed by atoms with van der Waals surface area (Å²) >= 11 is 1.91. The molecule has 0 aliphatic heterocycles. The summed E-state index contributed by atoms with van der Waals surface area (Å²) in [4.78, 5) is 1.34. The fourth-order valence-corrected chi connectivity index (χ4v) is 2.51. The standard InChI is InChI=1S/C14H21NS/c1-4-6-13(15-5-2)11-16-14-9-7-12(3)8-10-14/h4,7-10,13,15H,1,5-6,11H2,2-3H3. The van der Waals surface area contributed by atoms with Crippen molar-refractivity contribution in [3.05, 3.63) is 42.5 Å². The summed E-state index contributed by atoms with van der Waals surface area (Å²) in [6, 6.07) is 9.25. The Hall–Kier alpha value is -0.730. The number of benzene rings is 1. The van der Waals surface area contributed by atoms with E-state index in [2.05, 4.69) is 50.0 Å². The van der Waals surface area contributed by atoms with E-state index in [0.717, 1.165) is 18.7 Å². The second-order valence-corrected chi connectivity index (χ2v) is 5.00. The molecule has 0 spiro atoms. The number of aryl methyl sites for hydroxylation is 1. The lowest BCUT2D eigenvalue weighted by atomic mass is 10.2. The highest BCUT2D eigenvalue weighted by atomic mass is 32.2. The van der Waals surface area contributed by atoms with E-state index in [-0.39, 0.29) is 0 Å². The first-order valence-corrected chi connectivity index (χ1v) is 6.78. The minimum Gasteiger partial charge on any atom is -0.313 e. The zero-order valence-electron chi connectivity index (χ0n) is 10.2. The second kappa shape index (κ2) is 7.53. The Bertz CT molecular complexity index is 305. The first-order valence-electron chi connectivity index (χ1n) is 5.80. The van der Waals surface area contributed by atoms with E-state index in [9.17, 15) is 0 Å². The van der Waals surface area contributed by atoms with Crippen LogP contribution < -0.4 is 5.32 Å². The van der Waals surface area contributed by atoms with Crippen LogP contribution in [0.5, 0.6) is 0 Å². The summed E-state index contributed by atoms with van der Waals surface area (Å²) in [7, 11) is 0. The molecule has 0 bridgehead atoms. The van der Waals surface area contributed by atoms with Crippen molar-refractivity contribution in [2.24, 2.45) is 0 Å². The van der Waals surface area contributed by atoms with Crippen molar-refractivity contribution in [1.82, 2.24) is 5.32 Å². The molecule has 0 saturated carbocycles. The molecule has 1 nitrogen and oxygen atoms in total. The van der Waals surface area contributed by atoms with Gasteiger partial charge in [0.05, 0.1) is 0 Å². The van der Waals surface area contributed by atoms with Crippen LogP contribution in [0.4, 0.5) is 0 Å². The minimum absolute atomic E-state index is 0.536. The van der Waals surface area contributed by atoms with E-state index in [0.29, 0.717) is 6.04 Å². The number of hydrogen-bond donors (Lipinski definition) is 1. The van der Waals surface area contributed by atoms with Gasteiger partial charge in [0, 0.05) is 16.7 Å². The third-order valence-corrected chi connectivity index (χ3v) is 3.59. The Labute approximate surface area is 103 Å². The molecule has 16 heavy (non-hydrogen) atoms. The summed E-state index contributed by atoms with van der Waals surface area (Å²) in [6.45, 7) is 9.08. The molecule has 1 N–H and O–H groups in total. The summed E-state index contributed by atoms with van der Waals surface area (Å²) in [5.74, 6) is 1.10. The highest BCUT2D eigenvalue weighted by Crippen LogP contribution is 2.19. The maximum absolute atomic E-state index is 3.80. The van der Waals surface area contributed by atoms with Gasteiger partial charge in [-0.15, -0.1) is 18.3 Å². The summed E-state index contributed by atoms with van der Waals surface area (Å²) in [6.07, 6.45) is 3.02. The zero-order chi connectivity index (χ0) is 11.8. The van der Waals surface area contributed by atoms with E-state index in [4.69, 9.17) is 0 Å². The largest absolute Gasteiger partial charge is 0.313 e. The number of thioether (sulfide) groups is 1. The van der Waals surface area contributed by atoms with E-state index >= 15 is 0 Å². The van der Waals surface area contributed by atoms with Crippen molar-refractivity contribution in [2.45, 2.75) is 31.2 Å². The van der Waals surface area contributed by atoms with Gasteiger partial charge in [-0.3, -0.25) is 0 Å². The molecule has 0 amide bonds. The van der Waals surface area contributed by atoms with Gasteiger partial charge in [-0.2, -0.15) is 0 Å². The third-order valence-electron chi connectivity index (χ3n) is 2.42. The molecule has 0 aliphatic carbocycles. The van der Waals surface area contributed by atoms with E-state index in [1.807, 2.05) is 17.8 Å². The molecule has 2 heteroatoms.